The molecule has 0 saturated heterocycles. The number of rotatable bonds is 6. The zero-order valence-corrected chi connectivity index (χ0v) is 13.1. The summed E-state index contributed by atoms with van der Waals surface area (Å²) in [6.07, 6.45) is 0. The van der Waals surface area contributed by atoms with E-state index in [1.165, 1.54) is 0 Å². The van der Waals surface area contributed by atoms with Crippen LogP contribution in [0.5, 0.6) is 0 Å². The van der Waals surface area contributed by atoms with Crippen LogP contribution in [0.3, 0.4) is 0 Å². The fourth-order valence-electron chi connectivity index (χ4n) is 1.95. The van der Waals surface area contributed by atoms with Crippen molar-refractivity contribution in [2.24, 2.45) is 11.7 Å². The van der Waals surface area contributed by atoms with Gasteiger partial charge in [-0.05, 0) is 33.6 Å². The summed E-state index contributed by atoms with van der Waals surface area (Å²) in [5, 5.41) is 18.8. The van der Waals surface area contributed by atoms with Crippen LogP contribution in [0.25, 0.3) is 0 Å². The summed E-state index contributed by atoms with van der Waals surface area (Å²) in [7, 11) is 0. The van der Waals surface area contributed by atoms with Gasteiger partial charge < -0.3 is 11.1 Å². The van der Waals surface area contributed by atoms with Crippen molar-refractivity contribution in [3.8, 4) is 0 Å². The normalized spacial score (nSPS) is 14.7. The molecule has 1 aromatic rings. The van der Waals surface area contributed by atoms with Crippen molar-refractivity contribution >= 4 is 11.5 Å². The molecule has 20 heavy (non-hydrogen) atoms. The fraction of sp³-hybridized carbons (Fsp3) is 0.769. The van der Waals surface area contributed by atoms with Gasteiger partial charge in [-0.1, -0.05) is 13.8 Å². The first-order chi connectivity index (χ1) is 9.14. The van der Waals surface area contributed by atoms with E-state index < -0.39 is 5.54 Å². The Morgan fingerprint density at radius 1 is 1.45 bits per heavy atom. The van der Waals surface area contributed by atoms with Gasteiger partial charge in [0, 0.05) is 12.6 Å². The van der Waals surface area contributed by atoms with E-state index in [1.807, 2.05) is 34.6 Å². The summed E-state index contributed by atoms with van der Waals surface area (Å²) >= 11 is 0. The molecule has 0 spiro atoms. The lowest BCUT2D eigenvalue weighted by Gasteiger charge is -2.34. The van der Waals surface area contributed by atoms with Crippen LogP contribution in [0, 0.1) is 23.0 Å². The van der Waals surface area contributed by atoms with Crippen molar-refractivity contribution in [3.63, 3.8) is 0 Å². The molecule has 0 amide bonds. The largest absolute Gasteiger partial charge is 0.358 e. The lowest BCUT2D eigenvalue weighted by Crippen LogP contribution is -2.47. The van der Waals surface area contributed by atoms with E-state index in [9.17, 15) is 10.1 Å². The Morgan fingerprint density at radius 2 is 2.00 bits per heavy atom. The standard InChI is InChI=1S/C13H25N5O2/c1-8(2)13(6,7-14)15-12-11(18(19)20)10(5)16-17(12)9(3)4/h8-9,15H,7,14H2,1-6H3. The van der Waals surface area contributed by atoms with Crippen LogP contribution >= 0.6 is 0 Å². The molecule has 1 atom stereocenters. The molecular formula is C13H25N5O2. The number of aryl methyl sites for hydroxylation is 1. The van der Waals surface area contributed by atoms with Gasteiger partial charge in [0.1, 0.15) is 5.69 Å². The maximum absolute atomic E-state index is 11.3. The predicted octanol–water partition coefficient (Wildman–Crippen LogP) is 2.47. The number of nitrogens with two attached hydrogens (primary N) is 1. The van der Waals surface area contributed by atoms with Gasteiger partial charge in [0.2, 0.25) is 5.82 Å². The molecule has 1 heterocycles. The minimum absolute atomic E-state index is 0.0269. The first kappa shape index (κ1) is 16.4. The summed E-state index contributed by atoms with van der Waals surface area (Å²) in [4.78, 5) is 10.9. The van der Waals surface area contributed by atoms with Gasteiger partial charge in [-0.25, -0.2) is 4.68 Å². The van der Waals surface area contributed by atoms with Crippen LogP contribution in [-0.2, 0) is 0 Å². The molecule has 0 bridgehead atoms. The zero-order valence-electron chi connectivity index (χ0n) is 13.1. The number of anilines is 1. The molecule has 7 heteroatoms. The SMILES string of the molecule is Cc1nn(C(C)C)c(NC(C)(CN)C(C)C)c1[N+](=O)[O-]. The van der Waals surface area contributed by atoms with E-state index in [-0.39, 0.29) is 22.6 Å². The smallest absolute Gasteiger partial charge is 0.333 e. The van der Waals surface area contributed by atoms with Crippen LogP contribution in [0.1, 0.15) is 46.4 Å². The van der Waals surface area contributed by atoms with Crippen molar-refractivity contribution in [1.82, 2.24) is 9.78 Å². The third kappa shape index (κ3) is 2.92. The first-order valence-corrected chi connectivity index (χ1v) is 6.85. The van der Waals surface area contributed by atoms with E-state index in [2.05, 4.69) is 10.4 Å². The van der Waals surface area contributed by atoms with E-state index >= 15 is 0 Å². The molecular weight excluding hydrogens is 258 g/mol. The average Bonchev–Trinajstić information content (AvgIpc) is 2.65. The molecule has 0 aliphatic rings. The van der Waals surface area contributed by atoms with Crippen molar-refractivity contribution in [2.75, 3.05) is 11.9 Å². The Labute approximate surface area is 119 Å². The Hall–Kier alpha value is -1.63. The molecule has 0 aromatic carbocycles. The number of hydrogen-bond acceptors (Lipinski definition) is 5. The van der Waals surface area contributed by atoms with Crippen LogP contribution in [0.2, 0.25) is 0 Å². The highest BCUT2D eigenvalue weighted by molar-refractivity contribution is 5.61. The van der Waals surface area contributed by atoms with Crippen LogP contribution < -0.4 is 11.1 Å². The molecule has 0 aliphatic carbocycles. The Bertz CT molecular complexity index is 495. The van der Waals surface area contributed by atoms with Crippen LogP contribution in [0.4, 0.5) is 11.5 Å². The van der Waals surface area contributed by atoms with E-state index in [1.54, 1.807) is 11.6 Å². The number of nitrogens with zero attached hydrogens (tertiary/aromatic N) is 3. The molecule has 7 nitrogen and oxygen atoms in total. The molecule has 3 N–H and O–H groups in total. The third-order valence-corrected chi connectivity index (χ3v) is 3.83. The third-order valence-electron chi connectivity index (χ3n) is 3.83. The molecule has 0 saturated carbocycles. The molecule has 114 valence electrons. The van der Waals surface area contributed by atoms with Crippen molar-refractivity contribution in [3.05, 3.63) is 15.8 Å². The van der Waals surface area contributed by atoms with Gasteiger partial charge in [0.25, 0.3) is 0 Å². The summed E-state index contributed by atoms with van der Waals surface area (Å²) in [6.45, 7) is 12.0. The number of nitro groups is 1. The molecule has 1 unspecified atom stereocenters. The summed E-state index contributed by atoms with van der Waals surface area (Å²) in [5.74, 6) is 0.659. The highest BCUT2D eigenvalue weighted by atomic mass is 16.6. The second-order valence-electron chi connectivity index (χ2n) is 5.98. The number of hydrogen-bond donors (Lipinski definition) is 2. The van der Waals surface area contributed by atoms with Gasteiger partial charge in [-0.3, -0.25) is 10.1 Å². The van der Waals surface area contributed by atoms with Gasteiger partial charge in [0.15, 0.2) is 0 Å². The Morgan fingerprint density at radius 3 is 2.35 bits per heavy atom. The minimum Gasteiger partial charge on any atom is -0.358 e. The molecule has 1 aromatic heterocycles. The second-order valence-corrected chi connectivity index (χ2v) is 5.98. The molecule has 0 aliphatic heterocycles. The minimum atomic E-state index is -0.427. The van der Waals surface area contributed by atoms with Gasteiger partial charge in [-0.15, -0.1) is 0 Å². The van der Waals surface area contributed by atoms with E-state index in [4.69, 9.17) is 5.73 Å². The summed E-state index contributed by atoms with van der Waals surface area (Å²) in [5.41, 5.74) is 5.86. The molecule has 1 rings (SSSR count). The van der Waals surface area contributed by atoms with E-state index in [0.29, 0.717) is 18.1 Å². The molecule has 0 fully saturated rings. The van der Waals surface area contributed by atoms with Crippen LogP contribution in [-0.4, -0.2) is 26.8 Å². The van der Waals surface area contributed by atoms with Gasteiger partial charge in [0.05, 0.1) is 10.5 Å². The van der Waals surface area contributed by atoms with Gasteiger partial charge >= 0.3 is 5.69 Å². The average molecular weight is 283 g/mol. The highest BCUT2D eigenvalue weighted by Gasteiger charge is 2.34. The zero-order chi connectivity index (χ0) is 15.7. The fourth-order valence-corrected chi connectivity index (χ4v) is 1.95. The highest BCUT2D eigenvalue weighted by Crippen LogP contribution is 2.34. The second kappa shape index (κ2) is 5.78. The maximum Gasteiger partial charge on any atom is 0.333 e. The predicted molar refractivity (Wildman–Crippen MR) is 79.9 cm³/mol. The lowest BCUT2D eigenvalue weighted by molar-refractivity contribution is -0.384. The monoisotopic (exact) mass is 283 g/mol. The lowest BCUT2D eigenvalue weighted by atomic mass is 9.88. The molecule has 0 radical (unpaired) electrons. The first-order valence-electron chi connectivity index (χ1n) is 6.85. The Kier molecular flexibility index (Phi) is 4.75. The summed E-state index contributed by atoms with van der Waals surface area (Å²) < 4.78 is 1.66. The number of aromatic nitrogens is 2. The number of nitrogens with one attached hydrogen (secondary N) is 1. The Balaban J connectivity index is 3.38. The van der Waals surface area contributed by atoms with Gasteiger partial charge in [-0.2, -0.15) is 5.10 Å². The van der Waals surface area contributed by atoms with E-state index in [0.717, 1.165) is 0 Å². The van der Waals surface area contributed by atoms with Crippen LogP contribution in [0.15, 0.2) is 0 Å². The summed E-state index contributed by atoms with van der Waals surface area (Å²) in [6, 6.07) is 0.0269. The topological polar surface area (TPSA) is 99.0 Å². The maximum atomic E-state index is 11.3. The van der Waals surface area contributed by atoms with Crippen molar-refractivity contribution < 1.29 is 4.92 Å². The quantitative estimate of drug-likeness (QED) is 0.617. The van der Waals surface area contributed by atoms with Crippen molar-refractivity contribution in [1.29, 1.82) is 0 Å². The van der Waals surface area contributed by atoms with Crippen molar-refractivity contribution in [2.45, 2.75) is 53.1 Å².